The summed E-state index contributed by atoms with van der Waals surface area (Å²) in [6.07, 6.45) is 1.87. The van der Waals surface area contributed by atoms with Gasteiger partial charge in [0, 0.05) is 77.8 Å². The molecule has 0 fully saturated rings. The summed E-state index contributed by atoms with van der Waals surface area (Å²) in [5, 5.41) is 6.98. The number of rotatable bonds is 6. The summed E-state index contributed by atoms with van der Waals surface area (Å²) in [7, 11) is 0. The van der Waals surface area contributed by atoms with Gasteiger partial charge in [0.1, 0.15) is 0 Å². The van der Waals surface area contributed by atoms with Gasteiger partial charge in [-0.1, -0.05) is 13.8 Å². The van der Waals surface area contributed by atoms with Gasteiger partial charge in [-0.25, -0.2) is 0 Å². The average Bonchev–Trinajstić information content (AvgIpc) is 2.02. The zero-order valence-electron chi connectivity index (χ0n) is 9.49. The minimum Gasteiger partial charge on any atom is -0.388 e. The minimum atomic E-state index is -0.389. The number of amidine groups is 1. The number of nitrogens with two attached hydrogens (primary N) is 2. The van der Waals surface area contributed by atoms with E-state index in [-0.39, 0.29) is 89.0 Å². The quantitative estimate of drug-likeness (QED) is 0.478. The molecule has 15 heavy (non-hydrogen) atoms. The van der Waals surface area contributed by atoms with Crippen molar-refractivity contribution in [2.45, 2.75) is 39.2 Å². The molecule has 4 nitrogen and oxygen atoms in total. The van der Waals surface area contributed by atoms with Crippen molar-refractivity contribution >= 4 is 11.6 Å². The summed E-state index contributed by atoms with van der Waals surface area (Å²) >= 11 is 0. The van der Waals surface area contributed by atoms with Crippen LogP contribution < -0.4 is 11.5 Å². The zero-order valence-corrected chi connectivity index (χ0v) is 15.2. The second kappa shape index (κ2) is 11.8. The second-order valence-corrected chi connectivity index (χ2v) is 3.58. The Bertz CT molecular complexity index is 198. The van der Waals surface area contributed by atoms with Crippen LogP contribution >= 0.6 is 0 Å². The van der Waals surface area contributed by atoms with Gasteiger partial charge in [-0.05, 0) is 12.8 Å². The second-order valence-electron chi connectivity index (χ2n) is 3.58. The van der Waals surface area contributed by atoms with E-state index >= 15 is 0 Å². The molecule has 0 aromatic heterocycles. The van der Waals surface area contributed by atoms with E-state index < -0.39 is 0 Å². The van der Waals surface area contributed by atoms with Crippen LogP contribution in [0, 0.1) is 11.3 Å². The summed E-state index contributed by atoms with van der Waals surface area (Å²) in [6.45, 7) is 3.68. The fourth-order valence-electron chi connectivity index (χ4n) is 1.08. The topological polar surface area (TPSA) is 93.0 Å². The van der Waals surface area contributed by atoms with Gasteiger partial charge < -0.3 is 11.5 Å². The van der Waals surface area contributed by atoms with Gasteiger partial charge in [0.2, 0.25) is 0 Å². The van der Waals surface area contributed by atoms with Crippen LogP contribution in [-0.2, 0) is 70.2 Å². The Hall–Kier alpha value is 1.31. The largest absolute Gasteiger partial charge is 0.388 e. The molecule has 0 saturated carbocycles. The first-order valence-corrected chi connectivity index (χ1v) is 4.57. The Morgan fingerprint density at radius 3 is 2.13 bits per heavy atom. The third kappa shape index (κ3) is 11.6. The molecule has 1 atom stereocenters. The van der Waals surface area contributed by atoms with Crippen molar-refractivity contribution in [3.63, 3.8) is 0 Å². The molecule has 0 aromatic carbocycles. The molecule has 6 heteroatoms. The van der Waals surface area contributed by atoms with Crippen molar-refractivity contribution in [3.8, 4) is 0 Å². The number of hydrogen-bond donors (Lipinski definition) is 3. The summed E-state index contributed by atoms with van der Waals surface area (Å²) in [5.41, 5.74) is 10.8. The molecule has 0 spiro atoms. The number of carbonyl (C=O) groups is 1. The Balaban J connectivity index is -0.000000720. The van der Waals surface area contributed by atoms with Crippen molar-refractivity contribution in [3.05, 3.63) is 0 Å². The van der Waals surface area contributed by atoms with Gasteiger partial charge in [-0.3, -0.25) is 10.2 Å². The molecule has 0 bridgehead atoms. The summed E-state index contributed by atoms with van der Waals surface area (Å²) < 4.78 is 0. The number of ketones is 1. The Morgan fingerprint density at radius 2 is 1.80 bits per heavy atom. The van der Waals surface area contributed by atoms with Crippen molar-refractivity contribution in [1.82, 2.24) is 0 Å². The van der Waals surface area contributed by atoms with Crippen molar-refractivity contribution in [1.29, 1.82) is 5.41 Å². The molecular formula is C9H19N3OY2. The molecule has 0 aromatic rings. The smallest absolute Gasteiger partial charge is 0.152 e. The maximum Gasteiger partial charge on any atom is 0.152 e. The maximum absolute atomic E-state index is 11.3. The van der Waals surface area contributed by atoms with Crippen LogP contribution in [0.1, 0.15) is 33.1 Å². The third-order valence-corrected chi connectivity index (χ3v) is 1.90. The predicted molar refractivity (Wildman–Crippen MR) is 53.6 cm³/mol. The van der Waals surface area contributed by atoms with E-state index in [2.05, 4.69) is 0 Å². The summed E-state index contributed by atoms with van der Waals surface area (Å²) in [5.74, 6) is 0.236. The monoisotopic (exact) mass is 363 g/mol. The Morgan fingerprint density at radius 1 is 1.33 bits per heavy atom. The molecule has 0 saturated heterocycles. The molecule has 0 heterocycles. The number of carbonyl (C=O) groups excluding carboxylic acids is 1. The molecule has 82 valence electrons. The van der Waals surface area contributed by atoms with E-state index in [1.54, 1.807) is 0 Å². The SMILES string of the molecule is CC(C)C(=O)C(N)CCCC(=N)N.[Y].[Y]. The van der Waals surface area contributed by atoms with Crippen LogP contribution in [0.2, 0.25) is 0 Å². The number of Topliss-reactive ketones (excluding diaryl/α,β-unsaturated/α-hetero) is 1. The first-order chi connectivity index (χ1) is 5.95. The number of nitrogens with one attached hydrogen (secondary N) is 1. The van der Waals surface area contributed by atoms with Crippen LogP contribution in [0.25, 0.3) is 0 Å². The van der Waals surface area contributed by atoms with E-state index in [9.17, 15) is 4.79 Å². The van der Waals surface area contributed by atoms with Crippen LogP contribution in [0.5, 0.6) is 0 Å². The van der Waals surface area contributed by atoms with Gasteiger partial charge in [-0.2, -0.15) is 0 Å². The minimum absolute atomic E-state index is 0. The third-order valence-electron chi connectivity index (χ3n) is 1.90. The normalized spacial score (nSPS) is 11.2. The van der Waals surface area contributed by atoms with E-state index in [0.29, 0.717) is 12.8 Å². The fraction of sp³-hybridized carbons (Fsp3) is 0.778. The van der Waals surface area contributed by atoms with Gasteiger partial charge in [0.15, 0.2) is 5.78 Å². The van der Waals surface area contributed by atoms with Crippen LogP contribution in [0.3, 0.4) is 0 Å². The van der Waals surface area contributed by atoms with Crippen molar-refractivity contribution in [2.75, 3.05) is 0 Å². The van der Waals surface area contributed by atoms with Crippen molar-refractivity contribution < 1.29 is 70.2 Å². The molecule has 0 amide bonds. The summed E-state index contributed by atoms with van der Waals surface area (Å²) in [6, 6.07) is -0.389. The van der Waals surface area contributed by atoms with Gasteiger partial charge in [0.05, 0.1) is 11.9 Å². The molecule has 0 aliphatic heterocycles. The fourth-order valence-corrected chi connectivity index (χ4v) is 1.08. The van der Waals surface area contributed by atoms with Crippen LogP contribution in [-0.4, -0.2) is 17.7 Å². The molecule has 2 radical (unpaired) electrons. The first-order valence-electron chi connectivity index (χ1n) is 4.57. The molecule has 5 N–H and O–H groups in total. The molecule has 0 rings (SSSR count). The van der Waals surface area contributed by atoms with Gasteiger partial charge >= 0.3 is 0 Å². The standard InChI is InChI=1S/C9H19N3O.2Y/c1-6(2)9(13)7(10)4-3-5-8(11)12;;/h6-7H,3-5,10H2,1-2H3,(H3,11,12);;. The summed E-state index contributed by atoms with van der Waals surface area (Å²) in [4.78, 5) is 11.3. The molecular weight excluding hydrogens is 344 g/mol. The Kier molecular flexibility index (Phi) is 17.0. The maximum atomic E-state index is 11.3. The zero-order chi connectivity index (χ0) is 10.4. The van der Waals surface area contributed by atoms with Crippen molar-refractivity contribution in [2.24, 2.45) is 17.4 Å². The number of hydrogen-bond acceptors (Lipinski definition) is 3. The Labute approximate surface area is 142 Å². The first kappa shape index (κ1) is 21.6. The van der Waals surface area contributed by atoms with Gasteiger partial charge in [-0.15, -0.1) is 0 Å². The van der Waals surface area contributed by atoms with E-state index in [4.69, 9.17) is 16.9 Å². The van der Waals surface area contributed by atoms with Gasteiger partial charge in [0.25, 0.3) is 0 Å². The molecule has 0 aliphatic carbocycles. The van der Waals surface area contributed by atoms with Crippen LogP contribution in [0.15, 0.2) is 0 Å². The predicted octanol–water partition coefficient (Wildman–Crippen LogP) is 0.640. The van der Waals surface area contributed by atoms with E-state index in [1.807, 2.05) is 13.8 Å². The molecule has 1 unspecified atom stereocenters. The average molecular weight is 363 g/mol. The van der Waals surface area contributed by atoms with E-state index in [0.717, 1.165) is 6.42 Å². The van der Waals surface area contributed by atoms with E-state index in [1.165, 1.54) is 0 Å². The molecule has 0 aliphatic rings. The van der Waals surface area contributed by atoms with Crippen LogP contribution in [0.4, 0.5) is 0 Å².